The third-order valence-corrected chi connectivity index (χ3v) is 10.1. The number of aromatic nitrogens is 1. The maximum Gasteiger partial charge on any atom is 0.348 e. The zero-order chi connectivity index (χ0) is 34.9. The number of hydrogen-bond acceptors (Lipinski definition) is 10. The molecule has 0 amide bonds. The van der Waals surface area contributed by atoms with Crippen molar-refractivity contribution in [2.45, 2.75) is 50.5 Å². The van der Waals surface area contributed by atoms with Gasteiger partial charge in [0.2, 0.25) is 0 Å². The molecule has 10 nitrogen and oxygen atoms in total. The predicted molar refractivity (Wildman–Crippen MR) is 188 cm³/mol. The molecule has 1 N–H and O–H groups in total. The van der Waals surface area contributed by atoms with Gasteiger partial charge in [0.1, 0.15) is 27.1 Å². The van der Waals surface area contributed by atoms with Crippen molar-refractivity contribution in [1.29, 1.82) is 0 Å². The van der Waals surface area contributed by atoms with Gasteiger partial charge in [0.15, 0.2) is 23.9 Å². The van der Waals surface area contributed by atoms with Gasteiger partial charge in [0.25, 0.3) is 0 Å². The number of nitrogens with zero attached hydrogens (tertiary/aromatic N) is 2. The van der Waals surface area contributed by atoms with Crippen molar-refractivity contribution in [2.24, 2.45) is 0 Å². The van der Waals surface area contributed by atoms with E-state index < -0.39 is 12.1 Å². The number of nitrogens with one attached hydrogen (secondary N) is 1. The summed E-state index contributed by atoms with van der Waals surface area (Å²) in [5.41, 5.74) is 2.05. The molecule has 2 aromatic carbocycles. The maximum atomic E-state index is 13.6. The molecule has 2 aromatic heterocycles. The van der Waals surface area contributed by atoms with Crippen LogP contribution in [0.15, 0.2) is 73.1 Å². The molecule has 0 radical (unpaired) electrons. The summed E-state index contributed by atoms with van der Waals surface area (Å²) in [5, 5.41) is 15.6. The highest BCUT2D eigenvalue weighted by molar-refractivity contribution is 7.13. The Morgan fingerprint density at radius 2 is 1.67 bits per heavy atom. The van der Waals surface area contributed by atoms with Gasteiger partial charge in [0, 0.05) is 42.5 Å². The van der Waals surface area contributed by atoms with E-state index in [2.05, 4.69) is 17.3 Å². The topological polar surface area (TPSA) is 113 Å². The Labute approximate surface area is 300 Å². The van der Waals surface area contributed by atoms with Gasteiger partial charge in [-0.25, -0.2) is 4.79 Å². The molecule has 2 atom stereocenters. The Bertz CT molecular complexity index is 1710. The number of ether oxygens (including phenoxy) is 4. The summed E-state index contributed by atoms with van der Waals surface area (Å²) < 4.78 is 23.3. The molecule has 3 heterocycles. The molecule has 4 aromatic rings. The van der Waals surface area contributed by atoms with Gasteiger partial charge in [-0.15, -0.1) is 11.3 Å². The molecule has 0 bridgehead atoms. The van der Waals surface area contributed by atoms with Gasteiger partial charge in [0.05, 0.1) is 20.6 Å². The first-order chi connectivity index (χ1) is 23.6. The van der Waals surface area contributed by atoms with E-state index >= 15 is 0 Å². The van der Waals surface area contributed by atoms with Gasteiger partial charge >= 0.3 is 11.9 Å². The number of halogens is 2. The number of benzene rings is 2. The zero-order valence-corrected chi connectivity index (χ0v) is 29.9. The fraction of sp³-hybridized carbons (Fsp3) is 0.361. The SMILES string of the molecule is COc1ccc([C@H](Cc2c(Cl)c[n+]([O-])cc2Cl)OC(=O)c2ccc(CNC(CC(=O)OC3CCN(C)CC3)c3ccccc3)s2)cc1OC. The van der Waals surface area contributed by atoms with Gasteiger partial charge in [-0.3, -0.25) is 4.79 Å². The number of carbonyl (C=O) groups is 2. The van der Waals surface area contributed by atoms with Crippen molar-refractivity contribution in [3.63, 3.8) is 0 Å². The number of methoxy groups -OCH3 is 2. The third-order valence-electron chi connectivity index (χ3n) is 8.40. The second-order valence-electron chi connectivity index (χ2n) is 11.8. The fourth-order valence-electron chi connectivity index (χ4n) is 5.68. The minimum absolute atomic E-state index is 0.0641. The van der Waals surface area contributed by atoms with Crippen LogP contribution in [-0.2, 0) is 27.2 Å². The van der Waals surface area contributed by atoms with E-state index in [0.29, 0.717) is 38.8 Å². The monoisotopic (exact) mass is 727 g/mol. The molecular weight excluding hydrogens is 689 g/mol. The Kier molecular flexibility index (Phi) is 12.8. The molecule has 1 unspecified atom stereocenters. The Hall–Kier alpha value is -3.87. The first-order valence-electron chi connectivity index (χ1n) is 15.9. The minimum Gasteiger partial charge on any atom is -0.619 e. The Morgan fingerprint density at radius 3 is 2.35 bits per heavy atom. The molecule has 1 aliphatic heterocycles. The minimum atomic E-state index is -0.827. The largest absolute Gasteiger partial charge is 0.619 e. The summed E-state index contributed by atoms with van der Waals surface area (Å²) in [7, 11) is 5.12. The van der Waals surface area contributed by atoms with Crippen molar-refractivity contribution in [2.75, 3.05) is 34.4 Å². The first kappa shape index (κ1) is 36.4. The molecular formula is C36H39Cl2N3O7S. The second-order valence-corrected chi connectivity index (χ2v) is 13.8. The van der Waals surface area contributed by atoms with E-state index in [0.717, 1.165) is 36.4 Å². The van der Waals surface area contributed by atoms with E-state index in [1.165, 1.54) is 38.0 Å². The molecule has 1 fully saturated rings. The lowest BCUT2D eigenvalue weighted by atomic mass is 10.0. The summed E-state index contributed by atoms with van der Waals surface area (Å²) in [6.45, 7) is 2.24. The Morgan fingerprint density at radius 1 is 0.980 bits per heavy atom. The number of rotatable bonds is 14. The maximum absolute atomic E-state index is 13.6. The quantitative estimate of drug-likeness (QED) is 0.0861. The zero-order valence-electron chi connectivity index (χ0n) is 27.5. The summed E-state index contributed by atoms with van der Waals surface area (Å²) in [5.74, 6) is 0.186. The van der Waals surface area contributed by atoms with Crippen LogP contribution < -0.4 is 19.5 Å². The average Bonchev–Trinajstić information content (AvgIpc) is 3.58. The van der Waals surface area contributed by atoms with Crippen LogP contribution in [0.4, 0.5) is 0 Å². The normalized spacial score (nSPS) is 15.0. The highest BCUT2D eigenvalue weighted by Gasteiger charge is 2.26. The highest BCUT2D eigenvalue weighted by atomic mass is 35.5. The molecule has 1 aliphatic rings. The molecule has 49 heavy (non-hydrogen) atoms. The van der Waals surface area contributed by atoms with Crippen molar-refractivity contribution in [1.82, 2.24) is 10.2 Å². The standard InChI is InChI=1S/C36H39Cl2N3O7S/c1-40-15-13-25(14-16-40)47-35(42)19-30(23-7-5-4-6-8-23)39-20-26-10-12-34(49-26)36(43)48-32(18-27-28(37)21-41(44)22-29(27)38)24-9-11-31(45-2)33(17-24)46-3/h4-12,17,21-22,25,30,32,39H,13-16,18-20H2,1-3H3/t30?,32-/m0/s1. The van der Waals surface area contributed by atoms with Crippen LogP contribution in [0, 0.1) is 5.21 Å². The lowest BCUT2D eigenvalue weighted by Crippen LogP contribution is -2.36. The van der Waals surface area contributed by atoms with Crippen molar-refractivity contribution >= 4 is 46.5 Å². The smallest absolute Gasteiger partial charge is 0.348 e. The summed E-state index contributed by atoms with van der Waals surface area (Å²) in [6.07, 6.45) is 3.46. The average molecular weight is 729 g/mol. The summed E-state index contributed by atoms with van der Waals surface area (Å²) in [4.78, 5) is 30.1. The molecule has 0 saturated carbocycles. The molecule has 13 heteroatoms. The lowest BCUT2D eigenvalue weighted by molar-refractivity contribution is -0.605. The first-order valence-corrected chi connectivity index (χ1v) is 17.4. The fourth-order valence-corrected chi connectivity index (χ4v) is 7.12. The lowest BCUT2D eigenvalue weighted by Gasteiger charge is -2.29. The Balaban J connectivity index is 1.29. The van der Waals surface area contributed by atoms with Gasteiger partial charge in [-0.05, 0) is 55.3 Å². The molecule has 260 valence electrons. The van der Waals surface area contributed by atoms with E-state index in [1.54, 1.807) is 24.3 Å². The van der Waals surface area contributed by atoms with Crippen LogP contribution in [0.2, 0.25) is 10.0 Å². The number of thiophene rings is 1. The molecule has 1 saturated heterocycles. The van der Waals surface area contributed by atoms with Crippen LogP contribution in [-0.4, -0.2) is 57.3 Å². The third kappa shape index (κ3) is 9.86. The van der Waals surface area contributed by atoms with Crippen LogP contribution in [0.5, 0.6) is 11.5 Å². The van der Waals surface area contributed by atoms with Crippen LogP contribution in [0.1, 0.15) is 62.6 Å². The van der Waals surface area contributed by atoms with E-state index in [1.807, 2.05) is 36.4 Å². The molecule has 0 aliphatic carbocycles. The number of hydrogen-bond donors (Lipinski definition) is 1. The number of likely N-dealkylation sites (tertiary alicyclic amines) is 1. The number of piperidine rings is 1. The summed E-state index contributed by atoms with van der Waals surface area (Å²) in [6, 6.07) is 18.3. The number of pyridine rings is 1. The van der Waals surface area contributed by atoms with Crippen molar-refractivity contribution < 1.29 is 33.3 Å². The van der Waals surface area contributed by atoms with Crippen molar-refractivity contribution in [3.8, 4) is 11.5 Å². The van der Waals surface area contributed by atoms with Crippen LogP contribution in [0.25, 0.3) is 0 Å². The molecule has 0 spiro atoms. The molecule has 5 rings (SSSR count). The van der Waals surface area contributed by atoms with E-state index in [4.69, 9.17) is 42.1 Å². The number of carbonyl (C=O) groups excluding carboxylic acids is 2. The van der Waals surface area contributed by atoms with Crippen LogP contribution >= 0.6 is 34.5 Å². The van der Waals surface area contributed by atoms with E-state index in [9.17, 15) is 14.8 Å². The van der Waals surface area contributed by atoms with Gasteiger partial charge < -0.3 is 34.4 Å². The van der Waals surface area contributed by atoms with Gasteiger partial charge in [-0.1, -0.05) is 59.6 Å². The van der Waals surface area contributed by atoms with E-state index in [-0.39, 0.29) is 41.0 Å². The van der Waals surface area contributed by atoms with Crippen molar-refractivity contribution in [3.05, 3.63) is 115 Å². The predicted octanol–water partition coefficient (Wildman–Crippen LogP) is 6.70. The van der Waals surface area contributed by atoms with Crippen LogP contribution in [0.3, 0.4) is 0 Å². The summed E-state index contributed by atoms with van der Waals surface area (Å²) >= 11 is 14.1. The highest BCUT2D eigenvalue weighted by Crippen LogP contribution is 2.36. The second kappa shape index (κ2) is 17.2. The van der Waals surface area contributed by atoms with Gasteiger partial charge in [-0.2, -0.15) is 4.73 Å². The number of esters is 2.